The van der Waals surface area contributed by atoms with Crippen LogP contribution in [0.3, 0.4) is 0 Å². The molecule has 0 radical (unpaired) electrons. The molecule has 1 aliphatic carbocycles. The van der Waals surface area contributed by atoms with E-state index < -0.39 is 5.97 Å². The molecule has 0 bridgehead atoms. The molecule has 3 rings (SSSR count). The lowest BCUT2D eigenvalue weighted by atomic mass is 10.2. The van der Waals surface area contributed by atoms with Gasteiger partial charge in [-0.25, -0.2) is 0 Å². The van der Waals surface area contributed by atoms with Gasteiger partial charge >= 0.3 is 5.97 Å². The van der Waals surface area contributed by atoms with Gasteiger partial charge in [0.05, 0.1) is 5.75 Å². The molecule has 0 unspecified atom stereocenters. The number of nitrogens with one attached hydrogen (secondary N) is 1. The maximum Gasteiger partial charge on any atom is 0.316 e. The maximum atomic E-state index is 11.8. The second-order valence-corrected chi connectivity index (χ2v) is 6.65. The van der Waals surface area contributed by atoms with Crippen LogP contribution in [0.4, 0.5) is 0 Å². The molecule has 1 fully saturated rings. The molecule has 1 amide bonds. The zero-order chi connectivity index (χ0) is 17.6. The SMILES string of the molecule is CCn1c(SCC(=O)OCC(=O)NC2CC2)nnc1-c1ccccc1. The standard InChI is InChI=1S/C17H20N4O3S/c1-2-21-16(12-6-4-3-5-7-12)19-20-17(21)25-11-15(23)24-10-14(22)18-13-8-9-13/h3-7,13H,2,8-11H2,1H3,(H,18,22). The number of nitrogens with zero attached hydrogens (tertiary/aromatic N) is 3. The van der Waals surface area contributed by atoms with Crippen LogP contribution in [0, 0.1) is 0 Å². The van der Waals surface area contributed by atoms with Gasteiger partial charge in [0.2, 0.25) is 0 Å². The summed E-state index contributed by atoms with van der Waals surface area (Å²) in [5, 5.41) is 11.8. The van der Waals surface area contributed by atoms with E-state index in [9.17, 15) is 9.59 Å². The number of aromatic nitrogens is 3. The van der Waals surface area contributed by atoms with E-state index >= 15 is 0 Å². The largest absolute Gasteiger partial charge is 0.455 e. The Balaban J connectivity index is 1.53. The van der Waals surface area contributed by atoms with E-state index in [0.717, 1.165) is 24.2 Å². The van der Waals surface area contributed by atoms with E-state index in [1.54, 1.807) is 0 Å². The highest BCUT2D eigenvalue weighted by Gasteiger charge is 2.23. The molecule has 1 aliphatic rings. The van der Waals surface area contributed by atoms with Crippen LogP contribution >= 0.6 is 11.8 Å². The van der Waals surface area contributed by atoms with Crippen molar-refractivity contribution in [2.45, 2.75) is 37.5 Å². The van der Waals surface area contributed by atoms with Crippen LogP contribution in [0.5, 0.6) is 0 Å². The van der Waals surface area contributed by atoms with E-state index in [4.69, 9.17) is 4.74 Å². The number of benzene rings is 1. The average molecular weight is 360 g/mol. The monoisotopic (exact) mass is 360 g/mol. The number of carbonyl (C=O) groups excluding carboxylic acids is 2. The number of hydrogen-bond donors (Lipinski definition) is 1. The third kappa shape index (κ3) is 4.82. The van der Waals surface area contributed by atoms with Crippen molar-refractivity contribution in [1.29, 1.82) is 0 Å². The fraction of sp³-hybridized carbons (Fsp3) is 0.412. The Hall–Kier alpha value is -2.35. The highest BCUT2D eigenvalue weighted by Crippen LogP contribution is 2.23. The normalized spacial score (nSPS) is 13.5. The summed E-state index contributed by atoms with van der Waals surface area (Å²) in [6.07, 6.45) is 2.01. The Morgan fingerprint density at radius 3 is 2.72 bits per heavy atom. The van der Waals surface area contributed by atoms with Gasteiger partial charge in [-0.1, -0.05) is 42.1 Å². The fourth-order valence-corrected chi connectivity index (χ4v) is 3.09. The third-order valence-corrected chi connectivity index (χ3v) is 4.63. The molecular weight excluding hydrogens is 340 g/mol. The Kier molecular flexibility index (Phi) is 5.70. The van der Waals surface area contributed by atoms with Crippen molar-refractivity contribution in [2.24, 2.45) is 0 Å². The van der Waals surface area contributed by atoms with Crippen LogP contribution in [0.15, 0.2) is 35.5 Å². The number of carbonyl (C=O) groups is 2. The van der Waals surface area contributed by atoms with Gasteiger partial charge in [-0.2, -0.15) is 0 Å². The van der Waals surface area contributed by atoms with Crippen LogP contribution in [0.25, 0.3) is 11.4 Å². The van der Waals surface area contributed by atoms with Gasteiger partial charge in [-0.3, -0.25) is 9.59 Å². The molecule has 8 heteroatoms. The lowest BCUT2D eigenvalue weighted by Gasteiger charge is -2.07. The first-order valence-electron chi connectivity index (χ1n) is 8.23. The lowest BCUT2D eigenvalue weighted by molar-refractivity contribution is -0.145. The summed E-state index contributed by atoms with van der Waals surface area (Å²) in [4.78, 5) is 23.3. The predicted molar refractivity (Wildman–Crippen MR) is 94.0 cm³/mol. The maximum absolute atomic E-state index is 11.8. The van der Waals surface area contributed by atoms with Crippen molar-refractivity contribution >= 4 is 23.6 Å². The first-order chi connectivity index (χ1) is 12.2. The smallest absolute Gasteiger partial charge is 0.316 e. The molecule has 1 aromatic heterocycles. The topological polar surface area (TPSA) is 86.1 Å². The summed E-state index contributed by atoms with van der Waals surface area (Å²) in [5.41, 5.74) is 0.975. The molecule has 1 heterocycles. The quantitative estimate of drug-likeness (QED) is 0.571. The van der Waals surface area contributed by atoms with Crippen molar-refractivity contribution < 1.29 is 14.3 Å². The fourth-order valence-electron chi connectivity index (χ4n) is 2.29. The number of thioether (sulfide) groups is 1. The molecule has 2 aromatic rings. The van der Waals surface area contributed by atoms with Gasteiger partial charge in [-0.15, -0.1) is 10.2 Å². The van der Waals surface area contributed by atoms with Crippen LogP contribution < -0.4 is 5.32 Å². The summed E-state index contributed by atoms with van der Waals surface area (Å²) >= 11 is 1.26. The number of rotatable bonds is 8. The van der Waals surface area contributed by atoms with Gasteiger partial charge in [0.25, 0.3) is 5.91 Å². The Morgan fingerprint density at radius 2 is 2.04 bits per heavy atom. The molecule has 1 N–H and O–H groups in total. The minimum absolute atomic E-state index is 0.0869. The summed E-state index contributed by atoms with van der Waals surface area (Å²) in [6.45, 7) is 2.46. The lowest BCUT2D eigenvalue weighted by Crippen LogP contribution is -2.30. The molecule has 0 spiro atoms. The van der Waals surface area contributed by atoms with Crippen molar-refractivity contribution in [3.8, 4) is 11.4 Å². The van der Waals surface area contributed by atoms with Gasteiger partial charge in [-0.05, 0) is 19.8 Å². The Morgan fingerprint density at radius 1 is 1.28 bits per heavy atom. The molecule has 7 nitrogen and oxygen atoms in total. The van der Waals surface area contributed by atoms with E-state index in [1.807, 2.05) is 41.8 Å². The molecular formula is C17H20N4O3S. The van der Waals surface area contributed by atoms with E-state index in [1.165, 1.54) is 11.8 Å². The van der Waals surface area contributed by atoms with Crippen molar-refractivity contribution in [3.63, 3.8) is 0 Å². The first-order valence-corrected chi connectivity index (χ1v) is 9.22. The summed E-state index contributed by atoms with van der Waals surface area (Å²) in [7, 11) is 0. The predicted octanol–water partition coefficient (Wildman–Crippen LogP) is 1.88. The molecule has 0 saturated heterocycles. The summed E-state index contributed by atoms with van der Waals surface area (Å²) < 4.78 is 6.94. The zero-order valence-electron chi connectivity index (χ0n) is 14.0. The van der Waals surface area contributed by atoms with Gasteiger partial charge in [0.1, 0.15) is 0 Å². The number of hydrogen-bond acceptors (Lipinski definition) is 6. The number of ether oxygens (including phenoxy) is 1. The Bertz CT molecular complexity index is 744. The first kappa shape index (κ1) is 17.5. The van der Waals surface area contributed by atoms with E-state index in [-0.39, 0.29) is 24.3 Å². The number of esters is 1. The molecule has 1 saturated carbocycles. The van der Waals surface area contributed by atoms with Gasteiger partial charge in [0.15, 0.2) is 17.6 Å². The van der Waals surface area contributed by atoms with Crippen LogP contribution in [-0.2, 0) is 20.9 Å². The minimum Gasteiger partial charge on any atom is -0.455 e. The molecule has 25 heavy (non-hydrogen) atoms. The molecule has 132 valence electrons. The van der Waals surface area contributed by atoms with Crippen LogP contribution in [0.1, 0.15) is 19.8 Å². The van der Waals surface area contributed by atoms with Crippen molar-refractivity contribution in [1.82, 2.24) is 20.1 Å². The Labute approximate surface area is 150 Å². The van der Waals surface area contributed by atoms with Crippen molar-refractivity contribution in [2.75, 3.05) is 12.4 Å². The summed E-state index contributed by atoms with van der Waals surface area (Å²) in [6, 6.07) is 10.0. The highest BCUT2D eigenvalue weighted by atomic mass is 32.2. The third-order valence-electron chi connectivity index (χ3n) is 3.69. The molecule has 0 atom stereocenters. The molecule has 1 aromatic carbocycles. The van der Waals surface area contributed by atoms with Crippen LogP contribution in [0.2, 0.25) is 0 Å². The number of amides is 1. The van der Waals surface area contributed by atoms with Crippen molar-refractivity contribution in [3.05, 3.63) is 30.3 Å². The second-order valence-electron chi connectivity index (χ2n) is 5.71. The van der Waals surface area contributed by atoms with Gasteiger partial charge in [0, 0.05) is 18.2 Å². The summed E-state index contributed by atoms with van der Waals surface area (Å²) in [5.74, 6) is 0.165. The molecule has 0 aliphatic heterocycles. The van der Waals surface area contributed by atoms with Crippen LogP contribution in [-0.4, -0.2) is 45.0 Å². The average Bonchev–Trinajstić information content (AvgIpc) is 3.34. The highest BCUT2D eigenvalue weighted by molar-refractivity contribution is 7.99. The second kappa shape index (κ2) is 8.15. The minimum atomic E-state index is -0.442. The van der Waals surface area contributed by atoms with Gasteiger partial charge < -0.3 is 14.6 Å². The van der Waals surface area contributed by atoms with E-state index in [0.29, 0.717) is 11.7 Å². The van der Waals surface area contributed by atoms with E-state index in [2.05, 4.69) is 15.5 Å². The zero-order valence-corrected chi connectivity index (χ0v) is 14.8.